The Morgan fingerprint density at radius 1 is 1.23 bits per heavy atom. The standard InChI is InChI=1S/C16H13ClN4O3S2/c1-25-15-19-12(17)11-13(20-15)26-16-18-7-5-9-10(24-4-2-3-23-9)6-8(7)21(16)14(11)22/h5-6,14,22H,2-4H2,1H3/t14-/m0/s1. The molecule has 2 aromatic heterocycles. The summed E-state index contributed by atoms with van der Waals surface area (Å²) >= 11 is 9.09. The van der Waals surface area contributed by atoms with Crippen LogP contribution in [0, 0.1) is 0 Å². The van der Waals surface area contributed by atoms with E-state index >= 15 is 0 Å². The number of fused-ring (bicyclic) bond motifs is 5. The number of imidazole rings is 1. The fourth-order valence-electron chi connectivity index (χ4n) is 3.04. The van der Waals surface area contributed by atoms with Crippen molar-refractivity contribution in [2.75, 3.05) is 19.5 Å². The molecule has 1 atom stereocenters. The van der Waals surface area contributed by atoms with Crippen LogP contribution in [0.2, 0.25) is 5.15 Å². The first kappa shape index (κ1) is 16.5. The highest BCUT2D eigenvalue weighted by Gasteiger charge is 2.32. The zero-order valence-electron chi connectivity index (χ0n) is 13.6. The highest BCUT2D eigenvalue weighted by Crippen LogP contribution is 2.45. The van der Waals surface area contributed by atoms with Gasteiger partial charge in [0.15, 0.2) is 28.0 Å². The van der Waals surface area contributed by atoms with E-state index < -0.39 is 6.23 Å². The van der Waals surface area contributed by atoms with Gasteiger partial charge in [-0.05, 0) is 18.0 Å². The fraction of sp³-hybridized carbons (Fsp3) is 0.312. The zero-order chi connectivity index (χ0) is 17.8. The van der Waals surface area contributed by atoms with Crippen LogP contribution in [0.3, 0.4) is 0 Å². The third kappa shape index (κ3) is 2.45. The summed E-state index contributed by atoms with van der Waals surface area (Å²) in [7, 11) is 0. The molecular weight excluding hydrogens is 396 g/mol. The quantitative estimate of drug-likeness (QED) is 0.373. The Labute approximate surface area is 162 Å². The lowest BCUT2D eigenvalue weighted by Crippen LogP contribution is -2.18. The molecule has 134 valence electrons. The molecule has 10 heteroatoms. The summed E-state index contributed by atoms with van der Waals surface area (Å²) in [6.07, 6.45) is 1.69. The highest BCUT2D eigenvalue weighted by molar-refractivity contribution is 7.99. The topological polar surface area (TPSA) is 82.3 Å². The van der Waals surface area contributed by atoms with Crippen molar-refractivity contribution in [3.63, 3.8) is 0 Å². The van der Waals surface area contributed by atoms with Crippen molar-refractivity contribution in [3.8, 4) is 11.5 Å². The molecule has 0 bridgehead atoms. The van der Waals surface area contributed by atoms with Crippen LogP contribution < -0.4 is 9.47 Å². The van der Waals surface area contributed by atoms with Gasteiger partial charge in [-0.15, -0.1) is 0 Å². The highest BCUT2D eigenvalue weighted by atomic mass is 35.5. The van der Waals surface area contributed by atoms with Crippen molar-refractivity contribution in [1.29, 1.82) is 0 Å². The molecule has 1 N–H and O–H groups in total. The minimum Gasteiger partial charge on any atom is -0.489 e. The van der Waals surface area contributed by atoms with E-state index in [-0.39, 0.29) is 5.15 Å². The maximum atomic E-state index is 11.0. The predicted molar refractivity (Wildman–Crippen MR) is 98.6 cm³/mol. The summed E-state index contributed by atoms with van der Waals surface area (Å²) in [5.41, 5.74) is 1.96. The molecule has 26 heavy (non-hydrogen) atoms. The van der Waals surface area contributed by atoms with Crippen LogP contribution in [0.1, 0.15) is 18.2 Å². The van der Waals surface area contributed by atoms with Crippen LogP contribution in [-0.4, -0.2) is 44.1 Å². The van der Waals surface area contributed by atoms with E-state index in [9.17, 15) is 5.11 Å². The third-order valence-electron chi connectivity index (χ3n) is 4.24. The summed E-state index contributed by atoms with van der Waals surface area (Å²) in [6, 6.07) is 3.70. The fourth-order valence-corrected chi connectivity index (χ4v) is 4.90. The molecule has 5 rings (SSSR count). The second kappa shape index (κ2) is 6.19. The van der Waals surface area contributed by atoms with Crippen molar-refractivity contribution in [2.45, 2.75) is 28.0 Å². The minimum atomic E-state index is -1.01. The predicted octanol–water partition coefficient (Wildman–Crippen LogP) is 3.37. The van der Waals surface area contributed by atoms with E-state index in [0.29, 0.717) is 45.6 Å². The van der Waals surface area contributed by atoms with Crippen LogP contribution in [-0.2, 0) is 0 Å². The number of aliphatic hydroxyl groups excluding tert-OH is 1. The Balaban J connectivity index is 1.70. The van der Waals surface area contributed by atoms with Gasteiger partial charge < -0.3 is 14.6 Å². The Hall–Kier alpha value is -1.68. The second-order valence-corrected chi connectivity index (χ2v) is 7.89. The van der Waals surface area contributed by atoms with E-state index in [2.05, 4.69) is 15.0 Å². The SMILES string of the molecule is CSc1nc(Cl)c2c(n1)Sc1nc3cc4c(cc3n1[C@H]2O)OCCCO4. The Morgan fingerprint density at radius 2 is 2.00 bits per heavy atom. The molecule has 2 aliphatic heterocycles. The lowest BCUT2D eigenvalue weighted by Gasteiger charge is -2.24. The van der Waals surface area contributed by atoms with Gasteiger partial charge in [-0.3, -0.25) is 4.57 Å². The van der Waals surface area contributed by atoms with Crippen molar-refractivity contribution in [1.82, 2.24) is 19.5 Å². The number of hydrogen-bond acceptors (Lipinski definition) is 8. The molecule has 1 aromatic carbocycles. The van der Waals surface area contributed by atoms with Crippen molar-refractivity contribution < 1.29 is 14.6 Å². The summed E-state index contributed by atoms with van der Waals surface area (Å²) in [6.45, 7) is 1.20. The van der Waals surface area contributed by atoms with E-state index in [0.717, 1.165) is 17.5 Å². The molecule has 0 radical (unpaired) electrons. The third-order valence-corrected chi connectivity index (χ3v) is 6.05. The number of nitrogens with zero attached hydrogens (tertiary/aromatic N) is 4. The maximum Gasteiger partial charge on any atom is 0.189 e. The van der Waals surface area contributed by atoms with E-state index in [1.807, 2.05) is 18.4 Å². The first-order valence-corrected chi connectivity index (χ1v) is 10.4. The lowest BCUT2D eigenvalue weighted by atomic mass is 10.2. The molecule has 0 saturated heterocycles. The smallest absolute Gasteiger partial charge is 0.189 e. The summed E-state index contributed by atoms with van der Waals surface area (Å²) in [5.74, 6) is 1.32. The average Bonchev–Trinajstić information content (AvgIpc) is 2.81. The largest absolute Gasteiger partial charge is 0.489 e. The number of thioether (sulfide) groups is 1. The Morgan fingerprint density at radius 3 is 2.77 bits per heavy atom. The van der Waals surface area contributed by atoms with Crippen LogP contribution in [0.5, 0.6) is 11.5 Å². The van der Waals surface area contributed by atoms with Gasteiger partial charge in [-0.2, -0.15) is 0 Å². The molecule has 0 spiro atoms. The van der Waals surface area contributed by atoms with Crippen LogP contribution in [0.15, 0.2) is 27.5 Å². The zero-order valence-corrected chi connectivity index (χ0v) is 16.0. The van der Waals surface area contributed by atoms with Crippen LogP contribution in [0.25, 0.3) is 11.0 Å². The van der Waals surface area contributed by atoms with Gasteiger partial charge in [-0.25, -0.2) is 15.0 Å². The number of benzene rings is 1. The monoisotopic (exact) mass is 408 g/mol. The van der Waals surface area contributed by atoms with Crippen LogP contribution >= 0.6 is 35.1 Å². The molecule has 0 saturated carbocycles. The lowest BCUT2D eigenvalue weighted by molar-refractivity contribution is 0.134. The van der Waals surface area contributed by atoms with Gasteiger partial charge >= 0.3 is 0 Å². The number of aliphatic hydroxyl groups is 1. The van der Waals surface area contributed by atoms with Gasteiger partial charge in [0.05, 0.1) is 29.8 Å². The van der Waals surface area contributed by atoms with Crippen molar-refractivity contribution in [3.05, 3.63) is 22.8 Å². The molecular formula is C16H13ClN4O3S2. The summed E-state index contributed by atoms with van der Waals surface area (Å²) < 4.78 is 13.2. The molecule has 0 aliphatic carbocycles. The number of rotatable bonds is 1. The number of ether oxygens (including phenoxy) is 2. The van der Waals surface area contributed by atoms with Gasteiger partial charge in [-0.1, -0.05) is 23.4 Å². The van der Waals surface area contributed by atoms with E-state index in [4.69, 9.17) is 21.1 Å². The molecule has 3 aromatic rings. The first-order chi connectivity index (χ1) is 12.7. The van der Waals surface area contributed by atoms with Gasteiger partial charge in [0.2, 0.25) is 0 Å². The normalized spacial score (nSPS) is 18.3. The Kier molecular flexibility index (Phi) is 3.93. The molecule has 4 heterocycles. The number of hydrogen-bond donors (Lipinski definition) is 1. The molecule has 0 unspecified atom stereocenters. The van der Waals surface area contributed by atoms with E-state index in [1.54, 1.807) is 4.57 Å². The summed E-state index contributed by atoms with van der Waals surface area (Å²) in [4.78, 5) is 13.4. The second-order valence-electron chi connectivity index (χ2n) is 5.80. The van der Waals surface area contributed by atoms with Crippen LogP contribution in [0.4, 0.5) is 0 Å². The first-order valence-electron chi connectivity index (χ1n) is 7.94. The van der Waals surface area contributed by atoms with Crippen molar-refractivity contribution >= 4 is 46.2 Å². The molecule has 0 fully saturated rings. The maximum absolute atomic E-state index is 11.0. The van der Waals surface area contributed by atoms with Gasteiger partial charge in [0, 0.05) is 18.6 Å². The number of halogens is 1. The summed E-state index contributed by atoms with van der Waals surface area (Å²) in [5, 5.41) is 13.0. The average molecular weight is 409 g/mol. The minimum absolute atomic E-state index is 0.251. The Bertz CT molecular complexity index is 1040. The van der Waals surface area contributed by atoms with Gasteiger partial charge in [0.25, 0.3) is 0 Å². The van der Waals surface area contributed by atoms with Gasteiger partial charge in [0.1, 0.15) is 10.2 Å². The van der Waals surface area contributed by atoms with Crippen molar-refractivity contribution in [2.24, 2.45) is 0 Å². The molecule has 7 nitrogen and oxygen atoms in total. The number of aromatic nitrogens is 4. The van der Waals surface area contributed by atoms with E-state index in [1.165, 1.54) is 23.5 Å². The molecule has 0 amide bonds. The molecule has 2 aliphatic rings.